The molecule has 0 spiro atoms. The van der Waals surface area contributed by atoms with Crippen molar-refractivity contribution in [1.29, 1.82) is 0 Å². The maximum absolute atomic E-state index is 13.7. The molecule has 0 saturated carbocycles. The van der Waals surface area contributed by atoms with E-state index in [1.807, 2.05) is 0 Å². The first kappa shape index (κ1) is 18.0. The maximum Gasteiger partial charge on any atom is 0.243 e. The van der Waals surface area contributed by atoms with Gasteiger partial charge in [-0.15, -0.1) is 0 Å². The van der Waals surface area contributed by atoms with Crippen molar-refractivity contribution < 1.29 is 21.9 Å². The molecular weight excluding hydrogens is 302 g/mol. The van der Waals surface area contributed by atoms with Crippen LogP contribution >= 0.6 is 0 Å². The number of sulfonamides is 1. The summed E-state index contributed by atoms with van der Waals surface area (Å²) in [5, 5.41) is 2.75. The summed E-state index contributed by atoms with van der Waals surface area (Å²) in [6.07, 6.45) is -0.363. The van der Waals surface area contributed by atoms with Crippen LogP contribution in [0.5, 0.6) is 0 Å². The number of hydrogen-bond acceptors (Lipinski definition) is 4. The van der Waals surface area contributed by atoms with Crippen molar-refractivity contribution in [2.45, 2.75) is 31.4 Å². The van der Waals surface area contributed by atoms with E-state index in [1.54, 1.807) is 20.9 Å². The van der Waals surface area contributed by atoms with E-state index in [0.29, 0.717) is 12.2 Å². The van der Waals surface area contributed by atoms with Gasteiger partial charge in [0.1, 0.15) is 4.90 Å². The second-order valence-corrected chi connectivity index (χ2v) is 6.27. The van der Waals surface area contributed by atoms with Gasteiger partial charge in [0.15, 0.2) is 11.6 Å². The standard InChI is InChI=1S/C13H20F2N2O3S/c1-4-20-9(2)7-17-21(18,19)12-6-10(8-16-3)5-11(14)13(12)15/h5-6,9,16-17H,4,7-8H2,1-3H3. The number of halogens is 2. The average Bonchev–Trinajstić information content (AvgIpc) is 2.41. The molecule has 0 fully saturated rings. The lowest BCUT2D eigenvalue weighted by Crippen LogP contribution is -2.33. The van der Waals surface area contributed by atoms with Crippen molar-refractivity contribution >= 4 is 10.0 Å². The van der Waals surface area contributed by atoms with Crippen molar-refractivity contribution in [2.24, 2.45) is 0 Å². The van der Waals surface area contributed by atoms with Gasteiger partial charge in [-0.05, 0) is 38.6 Å². The van der Waals surface area contributed by atoms with Gasteiger partial charge in [-0.2, -0.15) is 0 Å². The van der Waals surface area contributed by atoms with E-state index in [2.05, 4.69) is 10.0 Å². The van der Waals surface area contributed by atoms with Gasteiger partial charge in [0, 0.05) is 19.7 Å². The molecule has 5 nitrogen and oxygen atoms in total. The molecule has 0 amide bonds. The number of benzene rings is 1. The molecule has 0 heterocycles. The first-order valence-corrected chi connectivity index (χ1v) is 8.04. The van der Waals surface area contributed by atoms with Crippen LogP contribution in [0.25, 0.3) is 0 Å². The predicted octanol–water partition coefficient (Wildman–Crippen LogP) is 1.39. The fraction of sp³-hybridized carbons (Fsp3) is 0.538. The lowest BCUT2D eigenvalue weighted by atomic mass is 10.2. The van der Waals surface area contributed by atoms with E-state index in [4.69, 9.17) is 4.74 Å². The van der Waals surface area contributed by atoms with Crippen molar-refractivity contribution in [3.05, 3.63) is 29.3 Å². The Bertz CT molecular complexity index is 579. The molecule has 0 aliphatic heterocycles. The molecule has 21 heavy (non-hydrogen) atoms. The van der Waals surface area contributed by atoms with Gasteiger partial charge < -0.3 is 10.1 Å². The molecular formula is C13H20F2N2O3S. The highest BCUT2D eigenvalue weighted by atomic mass is 32.2. The van der Waals surface area contributed by atoms with Gasteiger partial charge in [0.2, 0.25) is 10.0 Å². The second-order valence-electron chi connectivity index (χ2n) is 4.54. The van der Waals surface area contributed by atoms with Crippen molar-refractivity contribution in [2.75, 3.05) is 20.2 Å². The molecule has 0 saturated heterocycles. The quantitative estimate of drug-likeness (QED) is 0.759. The van der Waals surface area contributed by atoms with Crippen LogP contribution in [-0.4, -0.2) is 34.7 Å². The second kappa shape index (κ2) is 7.79. The minimum atomic E-state index is -4.14. The molecule has 0 aromatic heterocycles. The summed E-state index contributed by atoms with van der Waals surface area (Å²) in [6, 6.07) is 2.08. The Morgan fingerprint density at radius 3 is 2.57 bits per heavy atom. The third-order valence-corrected chi connectivity index (χ3v) is 4.16. The van der Waals surface area contributed by atoms with Crippen LogP contribution in [0.3, 0.4) is 0 Å². The molecule has 2 N–H and O–H groups in total. The highest BCUT2D eigenvalue weighted by Gasteiger charge is 2.23. The van der Waals surface area contributed by atoms with E-state index in [9.17, 15) is 17.2 Å². The molecule has 0 aliphatic rings. The minimum absolute atomic E-state index is 0.0203. The summed E-state index contributed by atoms with van der Waals surface area (Å²) in [5.41, 5.74) is 0.342. The van der Waals surface area contributed by atoms with Gasteiger partial charge in [-0.1, -0.05) is 0 Å². The molecule has 1 unspecified atom stereocenters. The van der Waals surface area contributed by atoms with Crippen LogP contribution in [0.1, 0.15) is 19.4 Å². The zero-order valence-corrected chi connectivity index (χ0v) is 13.1. The smallest absolute Gasteiger partial charge is 0.243 e. The molecule has 1 atom stereocenters. The largest absolute Gasteiger partial charge is 0.377 e. The van der Waals surface area contributed by atoms with Gasteiger partial charge in [-0.25, -0.2) is 21.9 Å². The first-order valence-electron chi connectivity index (χ1n) is 6.55. The lowest BCUT2D eigenvalue weighted by molar-refractivity contribution is 0.0799. The monoisotopic (exact) mass is 322 g/mol. The van der Waals surface area contributed by atoms with Crippen LogP contribution in [0.2, 0.25) is 0 Å². The number of rotatable bonds is 8. The van der Waals surface area contributed by atoms with E-state index < -0.39 is 26.6 Å². The molecule has 120 valence electrons. The Kier molecular flexibility index (Phi) is 6.66. The van der Waals surface area contributed by atoms with Gasteiger partial charge in [-0.3, -0.25) is 0 Å². The topological polar surface area (TPSA) is 67.4 Å². The minimum Gasteiger partial charge on any atom is -0.377 e. The van der Waals surface area contributed by atoms with E-state index in [1.165, 1.54) is 0 Å². The molecule has 8 heteroatoms. The Hall–Kier alpha value is -1.09. The van der Waals surface area contributed by atoms with Crippen molar-refractivity contribution in [3.63, 3.8) is 0 Å². The van der Waals surface area contributed by atoms with Crippen LogP contribution < -0.4 is 10.0 Å². The molecule has 1 rings (SSSR count). The Morgan fingerprint density at radius 1 is 1.33 bits per heavy atom. The van der Waals surface area contributed by atoms with Crippen LogP contribution in [0, 0.1) is 11.6 Å². The average molecular weight is 322 g/mol. The molecule has 0 aliphatic carbocycles. The van der Waals surface area contributed by atoms with Crippen LogP contribution in [0.15, 0.2) is 17.0 Å². The SMILES string of the molecule is CCOC(C)CNS(=O)(=O)c1cc(CNC)cc(F)c1F. The van der Waals surface area contributed by atoms with Gasteiger partial charge >= 0.3 is 0 Å². The zero-order chi connectivity index (χ0) is 16.0. The Balaban J connectivity index is 3.01. The highest BCUT2D eigenvalue weighted by Crippen LogP contribution is 2.20. The zero-order valence-electron chi connectivity index (χ0n) is 12.2. The third kappa shape index (κ3) is 4.99. The van der Waals surface area contributed by atoms with Crippen molar-refractivity contribution in [3.8, 4) is 0 Å². The summed E-state index contributed by atoms with van der Waals surface area (Å²) in [7, 11) is -2.52. The normalized spacial score (nSPS) is 13.4. The molecule has 0 bridgehead atoms. The number of nitrogens with one attached hydrogen (secondary N) is 2. The number of ether oxygens (including phenoxy) is 1. The Labute approximate surface area is 123 Å². The summed E-state index contributed by atoms with van der Waals surface area (Å²) in [6.45, 7) is 4.10. The third-order valence-electron chi connectivity index (χ3n) is 2.74. The molecule has 1 aromatic rings. The van der Waals surface area contributed by atoms with Crippen molar-refractivity contribution in [1.82, 2.24) is 10.0 Å². The summed E-state index contributed by atoms with van der Waals surface area (Å²) >= 11 is 0. The van der Waals surface area contributed by atoms with E-state index in [0.717, 1.165) is 12.1 Å². The molecule has 1 aromatic carbocycles. The maximum atomic E-state index is 13.7. The van der Waals surface area contributed by atoms with Crippen LogP contribution in [-0.2, 0) is 21.3 Å². The highest BCUT2D eigenvalue weighted by molar-refractivity contribution is 7.89. The number of hydrogen-bond donors (Lipinski definition) is 2. The van der Waals surface area contributed by atoms with Gasteiger partial charge in [0.05, 0.1) is 6.10 Å². The molecule has 0 radical (unpaired) electrons. The summed E-state index contributed by atoms with van der Waals surface area (Å²) < 4.78 is 58.8. The summed E-state index contributed by atoms with van der Waals surface area (Å²) in [5.74, 6) is -2.58. The fourth-order valence-corrected chi connectivity index (χ4v) is 3.02. The van der Waals surface area contributed by atoms with E-state index in [-0.39, 0.29) is 19.2 Å². The van der Waals surface area contributed by atoms with E-state index >= 15 is 0 Å². The first-order chi connectivity index (χ1) is 9.81. The fourth-order valence-electron chi connectivity index (χ4n) is 1.77. The predicted molar refractivity (Wildman–Crippen MR) is 75.4 cm³/mol. The Morgan fingerprint density at radius 2 is 2.00 bits per heavy atom. The van der Waals surface area contributed by atoms with Crippen LogP contribution in [0.4, 0.5) is 8.78 Å². The lowest BCUT2D eigenvalue weighted by Gasteiger charge is -2.14. The summed E-state index contributed by atoms with van der Waals surface area (Å²) in [4.78, 5) is -0.698. The van der Waals surface area contributed by atoms with Gasteiger partial charge in [0.25, 0.3) is 0 Å².